The zero-order valence-corrected chi connectivity index (χ0v) is 22.0. The summed E-state index contributed by atoms with van der Waals surface area (Å²) in [7, 11) is 0. The first-order chi connectivity index (χ1) is 17.6. The number of aromatic nitrogens is 2. The Kier molecular flexibility index (Phi) is 7.86. The first-order valence-corrected chi connectivity index (χ1v) is 12.1. The maximum Gasteiger partial charge on any atom is 0.313 e. The highest BCUT2D eigenvalue weighted by atomic mass is 79.9. The minimum absolute atomic E-state index is 0.112. The van der Waals surface area contributed by atoms with E-state index < -0.39 is 28.7 Å². The molecule has 37 heavy (non-hydrogen) atoms. The Morgan fingerprint density at radius 3 is 2.65 bits per heavy atom. The van der Waals surface area contributed by atoms with Crippen molar-refractivity contribution in [2.75, 3.05) is 11.9 Å². The van der Waals surface area contributed by atoms with Crippen LogP contribution in [0.15, 0.2) is 69.0 Å². The number of carbonyl (C=O) groups is 1. The van der Waals surface area contributed by atoms with Gasteiger partial charge in [0.25, 0.3) is 11.5 Å². The van der Waals surface area contributed by atoms with Gasteiger partial charge in [0.2, 0.25) is 5.75 Å². The van der Waals surface area contributed by atoms with Crippen molar-refractivity contribution in [3.8, 4) is 5.75 Å². The lowest BCUT2D eigenvalue weighted by Crippen LogP contribution is -2.21. The number of nitrogens with one attached hydrogen (secondary N) is 1. The van der Waals surface area contributed by atoms with Crippen LogP contribution in [0.1, 0.15) is 11.4 Å². The molecule has 0 radical (unpaired) electrons. The van der Waals surface area contributed by atoms with Gasteiger partial charge >= 0.3 is 5.69 Å². The largest absolute Gasteiger partial charge is 0.476 e. The molecule has 188 valence electrons. The summed E-state index contributed by atoms with van der Waals surface area (Å²) in [6, 6.07) is 14.1. The van der Waals surface area contributed by atoms with E-state index in [2.05, 4.69) is 31.3 Å². The van der Waals surface area contributed by atoms with Gasteiger partial charge in [0, 0.05) is 26.8 Å². The van der Waals surface area contributed by atoms with E-state index in [-0.39, 0.29) is 16.3 Å². The lowest BCUT2D eigenvalue weighted by atomic mass is 10.2. The molecular weight excluding hydrogens is 589 g/mol. The number of hydrogen-bond acceptors (Lipinski definition) is 7. The van der Waals surface area contributed by atoms with Gasteiger partial charge in [-0.15, -0.1) is 0 Å². The number of fused-ring (bicyclic) bond motifs is 1. The first-order valence-electron chi connectivity index (χ1n) is 10.5. The maximum atomic E-state index is 12.9. The Bertz CT molecular complexity index is 1620. The van der Waals surface area contributed by atoms with Crippen molar-refractivity contribution in [1.82, 2.24) is 9.66 Å². The third-order valence-corrected chi connectivity index (χ3v) is 6.04. The molecule has 10 nitrogen and oxygen atoms in total. The van der Waals surface area contributed by atoms with Crippen molar-refractivity contribution in [1.29, 1.82) is 0 Å². The molecule has 3 aromatic carbocycles. The quantitative estimate of drug-likeness (QED) is 0.166. The van der Waals surface area contributed by atoms with Crippen LogP contribution in [-0.2, 0) is 4.79 Å². The van der Waals surface area contributed by atoms with Crippen molar-refractivity contribution < 1.29 is 14.5 Å². The number of nitrogens with zero attached hydrogens (tertiary/aromatic N) is 4. The number of amides is 1. The predicted molar refractivity (Wildman–Crippen MR) is 145 cm³/mol. The number of aryl methyl sites for hydroxylation is 1. The van der Waals surface area contributed by atoms with Crippen LogP contribution in [0.2, 0.25) is 10.0 Å². The minimum Gasteiger partial charge on any atom is -0.476 e. The molecule has 0 bridgehead atoms. The molecule has 0 fully saturated rings. The minimum atomic E-state index is -0.692. The lowest BCUT2D eigenvalue weighted by Gasteiger charge is -2.10. The molecular formula is C24H16BrCl2N5O5. The first kappa shape index (κ1) is 26.3. The number of ether oxygens (including phenoxy) is 1. The van der Waals surface area contributed by atoms with Gasteiger partial charge in [-0.1, -0.05) is 39.1 Å². The van der Waals surface area contributed by atoms with E-state index in [1.807, 2.05) is 0 Å². The van der Waals surface area contributed by atoms with Crippen LogP contribution in [0.25, 0.3) is 10.9 Å². The molecule has 1 heterocycles. The van der Waals surface area contributed by atoms with Crippen LogP contribution in [0.4, 0.5) is 11.4 Å². The van der Waals surface area contributed by atoms with E-state index in [1.54, 1.807) is 49.4 Å². The van der Waals surface area contributed by atoms with Gasteiger partial charge in [0.05, 0.1) is 27.1 Å². The normalized spacial score (nSPS) is 11.1. The third kappa shape index (κ3) is 6.13. The Balaban J connectivity index is 1.58. The molecule has 1 amide bonds. The van der Waals surface area contributed by atoms with Crippen LogP contribution in [-0.4, -0.2) is 33.3 Å². The highest BCUT2D eigenvalue weighted by molar-refractivity contribution is 9.10. The number of anilines is 1. The number of nitro benzene ring substituents is 1. The van der Waals surface area contributed by atoms with E-state index in [0.29, 0.717) is 31.9 Å². The zero-order chi connectivity index (χ0) is 26.7. The Hall–Kier alpha value is -3.80. The fourth-order valence-corrected chi connectivity index (χ4v) is 4.10. The summed E-state index contributed by atoms with van der Waals surface area (Å²) in [5.41, 5.74) is 0.337. The molecule has 0 atom stereocenters. The third-order valence-electron chi connectivity index (χ3n) is 5.01. The van der Waals surface area contributed by atoms with Gasteiger partial charge in [-0.2, -0.15) is 9.78 Å². The summed E-state index contributed by atoms with van der Waals surface area (Å²) in [5, 5.41) is 19.2. The van der Waals surface area contributed by atoms with Crippen molar-refractivity contribution >= 4 is 73.5 Å². The van der Waals surface area contributed by atoms with Crippen molar-refractivity contribution in [3.63, 3.8) is 0 Å². The summed E-state index contributed by atoms with van der Waals surface area (Å²) < 4.78 is 7.17. The van der Waals surface area contributed by atoms with E-state index in [4.69, 9.17) is 27.9 Å². The second-order valence-corrected chi connectivity index (χ2v) is 9.39. The van der Waals surface area contributed by atoms with E-state index in [9.17, 15) is 19.7 Å². The van der Waals surface area contributed by atoms with Crippen LogP contribution >= 0.6 is 39.1 Å². The molecule has 0 saturated heterocycles. The SMILES string of the molecule is Cc1nc2ccc(Br)cc2c(=O)n1N=Cc1cc(Cl)c(OCC(=O)Nc2ccc(Cl)cc2)c([N+](=O)[O-])c1. The lowest BCUT2D eigenvalue weighted by molar-refractivity contribution is -0.385. The van der Waals surface area contributed by atoms with Crippen LogP contribution in [0.3, 0.4) is 0 Å². The van der Waals surface area contributed by atoms with Gasteiger partial charge in [-0.3, -0.25) is 19.7 Å². The molecule has 4 rings (SSSR count). The molecule has 0 aliphatic carbocycles. The topological polar surface area (TPSA) is 129 Å². The summed E-state index contributed by atoms with van der Waals surface area (Å²) in [6.07, 6.45) is 1.25. The highest BCUT2D eigenvalue weighted by Gasteiger charge is 2.21. The van der Waals surface area contributed by atoms with E-state index >= 15 is 0 Å². The number of hydrogen-bond donors (Lipinski definition) is 1. The molecule has 0 saturated carbocycles. The molecule has 0 aliphatic heterocycles. The van der Waals surface area contributed by atoms with Gasteiger partial charge in [-0.05, 0) is 55.5 Å². The van der Waals surface area contributed by atoms with Gasteiger partial charge in [0.1, 0.15) is 5.82 Å². The molecule has 0 aliphatic rings. The van der Waals surface area contributed by atoms with E-state index in [1.165, 1.54) is 18.3 Å². The Morgan fingerprint density at radius 1 is 1.22 bits per heavy atom. The van der Waals surface area contributed by atoms with Crippen LogP contribution in [0.5, 0.6) is 5.75 Å². The van der Waals surface area contributed by atoms with Crippen LogP contribution in [0, 0.1) is 17.0 Å². The highest BCUT2D eigenvalue weighted by Crippen LogP contribution is 2.36. The monoisotopic (exact) mass is 603 g/mol. The maximum absolute atomic E-state index is 12.9. The van der Waals surface area contributed by atoms with Gasteiger partial charge in [-0.25, -0.2) is 4.98 Å². The molecule has 1 N–H and O–H groups in total. The second-order valence-electron chi connectivity index (χ2n) is 7.63. The smallest absolute Gasteiger partial charge is 0.313 e. The number of rotatable bonds is 7. The second kappa shape index (κ2) is 11.1. The van der Waals surface area contributed by atoms with E-state index in [0.717, 1.165) is 4.68 Å². The Morgan fingerprint density at radius 2 is 1.95 bits per heavy atom. The molecule has 0 unspecified atom stereocenters. The summed E-state index contributed by atoms with van der Waals surface area (Å²) >= 11 is 15.4. The average molecular weight is 605 g/mol. The number of nitro groups is 1. The van der Waals surface area contributed by atoms with Crippen molar-refractivity contribution in [2.45, 2.75) is 6.92 Å². The molecule has 1 aromatic heterocycles. The number of halogens is 3. The predicted octanol–water partition coefficient (Wildman–Crippen LogP) is 5.58. The Labute approximate surface area is 227 Å². The van der Waals surface area contributed by atoms with Crippen LogP contribution < -0.4 is 15.6 Å². The van der Waals surface area contributed by atoms with Gasteiger partial charge in [0.15, 0.2) is 6.61 Å². The van der Waals surface area contributed by atoms with Crippen molar-refractivity contribution in [2.24, 2.45) is 5.10 Å². The average Bonchev–Trinajstić information content (AvgIpc) is 2.85. The summed E-state index contributed by atoms with van der Waals surface area (Å²) in [6.45, 7) is 1.09. The summed E-state index contributed by atoms with van der Waals surface area (Å²) in [5.74, 6) is -0.507. The standard InChI is InChI=1S/C24H16BrCl2N5O5/c1-13-29-20-7-2-15(25)10-18(20)24(34)31(13)28-11-14-8-19(27)23(21(9-14)32(35)36)37-12-22(33)30-17-5-3-16(26)4-6-17/h2-11H,12H2,1H3,(H,30,33). The number of benzene rings is 3. The molecule has 0 spiro atoms. The fraction of sp³-hybridized carbons (Fsp3) is 0.0833. The van der Waals surface area contributed by atoms with Gasteiger partial charge < -0.3 is 10.1 Å². The fourth-order valence-electron chi connectivity index (χ4n) is 3.34. The molecule has 13 heteroatoms. The van der Waals surface area contributed by atoms with Crippen molar-refractivity contribution in [3.05, 3.63) is 101 Å². The molecule has 4 aromatic rings. The number of carbonyl (C=O) groups excluding carboxylic acids is 1. The zero-order valence-electron chi connectivity index (χ0n) is 18.9. The summed E-state index contributed by atoms with van der Waals surface area (Å²) in [4.78, 5) is 40.5.